The molecule has 1 aromatic heterocycles. The molecule has 148 valence electrons. The number of carbonyl (C=O) groups excluding carboxylic acids is 1. The lowest BCUT2D eigenvalue weighted by Crippen LogP contribution is -2.22. The van der Waals surface area contributed by atoms with Gasteiger partial charge < -0.3 is 9.30 Å². The fraction of sp³-hybridized carbons (Fsp3) is 0.130. The number of benzene rings is 2. The van der Waals surface area contributed by atoms with E-state index < -0.39 is 5.91 Å². The summed E-state index contributed by atoms with van der Waals surface area (Å²) in [6.45, 7) is 0.948. The van der Waals surface area contributed by atoms with Crippen molar-refractivity contribution < 1.29 is 14.7 Å². The van der Waals surface area contributed by atoms with E-state index in [1.54, 1.807) is 22.9 Å². The Morgan fingerprint density at radius 3 is 2.59 bits per heavy atom. The maximum absolute atomic E-state index is 12.6. The van der Waals surface area contributed by atoms with E-state index in [1.807, 2.05) is 54.6 Å². The lowest BCUT2D eigenvalue weighted by Gasteiger charge is -2.12. The molecule has 0 fully saturated rings. The molecule has 1 amide bonds. The van der Waals surface area contributed by atoms with Crippen LogP contribution < -0.4 is 15.8 Å². The van der Waals surface area contributed by atoms with Gasteiger partial charge in [-0.1, -0.05) is 48.5 Å². The standard InChI is InChI=1S/C23H22N2O4/c26-22(24-28)13-12-20-10-6-15-25(23(20)27)16-14-19-9-4-5-11-21(19)29-17-18-7-2-1-3-8-18/h1-13,15,28H,14,16-17H2,(H,24,26)/b13-12+. The first-order valence-electron chi connectivity index (χ1n) is 9.23. The lowest BCUT2D eigenvalue weighted by atomic mass is 10.1. The van der Waals surface area contributed by atoms with E-state index in [-0.39, 0.29) is 5.56 Å². The molecule has 6 heteroatoms. The summed E-state index contributed by atoms with van der Waals surface area (Å²) in [4.78, 5) is 23.7. The average Bonchev–Trinajstić information content (AvgIpc) is 2.77. The van der Waals surface area contributed by atoms with Gasteiger partial charge in [0.2, 0.25) is 0 Å². The highest BCUT2D eigenvalue weighted by Crippen LogP contribution is 2.20. The number of aryl methyl sites for hydroxylation is 2. The number of nitrogens with one attached hydrogen (secondary N) is 1. The number of carbonyl (C=O) groups is 1. The Kier molecular flexibility index (Phi) is 6.97. The third kappa shape index (κ3) is 5.67. The molecule has 0 atom stereocenters. The van der Waals surface area contributed by atoms with Crippen molar-refractivity contribution in [2.45, 2.75) is 19.6 Å². The highest BCUT2D eigenvalue weighted by molar-refractivity contribution is 5.90. The van der Waals surface area contributed by atoms with Gasteiger partial charge in [0.15, 0.2) is 0 Å². The summed E-state index contributed by atoms with van der Waals surface area (Å²) >= 11 is 0. The second-order valence-corrected chi connectivity index (χ2v) is 6.40. The summed E-state index contributed by atoms with van der Waals surface area (Å²) in [6.07, 6.45) is 4.81. The molecule has 3 rings (SSSR count). The number of rotatable bonds is 8. The average molecular weight is 390 g/mol. The minimum absolute atomic E-state index is 0.211. The third-order valence-electron chi connectivity index (χ3n) is 4.41. The first-order chi connectivity index (χ1) is 14.2. The van der Waals surface area contributed by atoms with Gasteiger partial charge in [-0.15, -0.1) is 0 Å². The fourth-order valence-electron chi connectivity index (χ4n) is 2.89. The normalized spacial score (nSPS) is 10.8. The van der Waals surface area contributed by atoms with Crippen LogP contribution in [0.4, 0.5) is 0 Å². The second kappa shape index (κ2) is 10.1. The number of aromatic nitrogens is 1. The van der Waals surface area contributed by atoms with Gasteiger partial charge in [-0.05, 0) is 41.8 Å². The van der Waals surface area contributed by atoms with E-state index >= 15 is 0 Å². The Labute approximate surface area is 168 Å². The summed E-state index contributed by atoms with van der Waals surface area (Å²) < 4.78 is 7.56. The van der Waals surface area contributed by atoms with Crippen LogP contribution in [0.25, 0.3) is 6.08 Å². The SMILES string of the molecule is O=C(/C=C/c1cccn(CCc2ccccc2OCc2ccccc2)c1=O)NO. The summed E-state index contributed by atoms with van der Waals surface area (Å²) in [5.41, 5.74) is 3.75. The van der Waals surface area contributed by atoms with Gasteiger partial charge in [0.1, 0.15) is 12.4 Å². The maximum Gasteiger partial charge on any atom is 0.267 e. The Morgan fingerprint density at radius 2 is 1.79 bits per heavy atom. The summed E-state index contributed by atoms with van der Waals surface area (Å²) in [7, 11) is 0. The quantitative estimate of drug-likeness (QED) is 0.352. The smallest absolute Gasteiger partial charge is 0.267 e. The molecule has 1 heterocycles. The van der Waals surface area contributed by atoms with E-state index in [4.69, 9.17) is 9.94 Å². The third-order valence-corrected chi connectivity index (χ3v) is 4.41. The molecule has 0 saturated carbocycles. The first kappa shape index (κ1) is 20.1. The Balaban J connectivity index is 1.70. The van der Waals surface area contributed by atoms with Crippen molar-refractivity contribution in [3.63, 3.8) is 0 Å². The minimum Gasteiger partial charge on any atom is -0.489 e. The van der Waals surface area contributed by atoms with Gasteiger partial charge in [0.25, 0.3) is 11.5 Å². The summed E-state index contributed by atoms with van der Waals surface area (Å²) in [5, 5.41) is 8.54. The monoisotopic (exact) mass is 390 g/mol. The molecule has 3 aromatic rings. The van der Waals surface area contributed by atoms with Gasteiger partial charge in [0.05, 0.1) is 0 Å². The molecule has 0 bridgehead atoms. The predicted octanol–water partition coefficient (Wildman–Crippen LogP) is 3.19. The zero-order valence-corrected chi connectivity index (χ0v) is 15.8. The van der Waals surface area contributed by atoms with E-state index in [0.717, 1.165) is 23.0 Å². The van der Waals surface area contributed by atoms with Gasteiger partial charge in [0, 0.05) is 24.4 Å². The van der Waals surface area contributed by atoms with Gasteiger partial charge >= 0.3 is 0 Å². The van der Waals surface area contributed by atoms with Crippen LogP contribution in [-0.4, -0.2) is 15.7 Å². The molecule has 6 nitrogen and oxygen atoms in total. The molecule has 0 aliphatic carbocycles. The molecular weight excluding hydrogens is 368 g/mol. The lowest BCUT2D eigenvalue weighted by molar-refractivity contribution is -0.124. The van der Waals surface area contributed by atoms with Gasteiger partial charge in [-0.25, -0.2) is 5.48 Å². The summed E-state index contributed by atoms with van der Waals surface area (Å²) in [5.74, 6) is 0.101. The molecule has 2 aromatic carbocycles. The number of hydrogen-bond acceptors (Lipinski definition) is 4. The number of pyridine rings is 1. The van der Waals surface area contributed by atoms with Crippen LogP contribution in [0.2, 0.25) is 0 Å². The minimum atomic E-state index is -0.690. The highest BCUT2D eigenvalue weighted by Gasteiger charge is 2.06. The Bertz CT molecular complexity index is 1040. The number of ether oxygens (including phenoxy) is 1. The summed E-state index contributed by atoms with van der Waals surface area (Å²) in [6, 6.07) is 21.1. The van der Waals surface area contributed by atoms with Crippen LogP contribution >= 0.6 is 0 Å². The number of para-hydroxylation sites is 1. The van der Waals surface area contributed by atoms with E-state index in [1.165, 1.54) is 11.6 Å². The fourth-order valence-corrected chi connectivity index (χ4v) is 2.89. The maximum atomic E-state index is 12.6. The molecule has 0 aliphatic rings. The number of nitrogens with zero attached hydrogens (tertiary/aromatic N) is 1. The predicted molar refractivity (Wildman–Crippen MR) is 111 cm³/mol. The van der Waals surface area contributed by atoms with Crippen LogP contribution in [0.1, 0.15) is 16.7 Å². The Hall–Kier alpha value is -3.64. The molecule has 0 spiro atoms. The van der Waals surface area contributed by atoms with E-state index in [2.05, 4.69) is 0 Å². The van der Waals surface area contributed by atoms with Crippen molar-refractivity contribution in [2.24, 2.45) is 0 Å². The van der Waals surface area contributed by atoms with Crippen LogP contribution in [-0.2, 0) is 24.4 Å². The largest absolute Gasteiger partial charge is 0.489 e. The van der Waals surface area contributed by atoms with Crippen molar-refractivity contribution in [2.75, 3.05) is 0 Å². The van der Waals surface area contributed by atoms with Crippen molar-refractivity contribution in [3.8, 4) is 5.75 Å². The molecule has 29 heavy (non-hydrogen) atoms. The van der Waals surface area contributed by atoms with Gasteiger partial charge in [-0.2, -0.15) is 0 Å². The zero-order chi connectivity index (χ0) is 20.5. The zero-order valence-electron chi connectivity index (χ0n) is 15.8. The second-order valence-electron chi connectivity index (χ2n) is 6.40. The van der Waals surface area contributed by atoms with Crippen LogP contribution in [0.15, 0.2) is 83.8 Å². The van der Waals surface area contributed by atoms with Crippen molar-refractivity contribution in [1.29, 1.82) is 0 Å². The van der Waals surface area contributed by atoms with Crippen molar-refractivity contribution >= 4 is 12.0 Å². The van der Waals surface area contributed by atoms with E-state index in [0.29, 0.717) is 25.1 Å². The molecule has 0 aliphatic heterocycles. The molecule has 2 N–H and O–H groups in total. The number of hydroxylamine groups is 1. The van der Waals surface area contributed by atoms with E-state index in [9.17, 15) is 9.59 Å². The van der Waals surface area contributed by atoms with Crippen molar-refractivity contribution in [3.05, 3.63) is 106 Å². The number of amides is 1. The molecule has 0 saturated heterocycles. The van der Waals surface area contributed by atoms with Gasteiger partial charge in [-0.3, -0.25) is 14.8 Å². The molecule has 0 unspecified atom stereocenters. The van der Waals surface area contributed by atoms with Crippen LogP contribution in [0.5, 0.6) is 5.75 Å². The van der Waals surface area contributed by atoms with Crippen LogP contribution in [0, 0.1) is 0 Å². The molecule has 0 radical (unpaired) electrons. The Morgan fingerprint density at radius 1 is 1.03 bits per heavy atom. The highest BCUT2D eigenvalue weighted by atomic mass is 16.5. The number of hydrogen-bond donors (Lipinski definition) is 2. The molecular formula is C23H22N2O4. The van der Waals surface area contributed by atoms with Crippen molar-refractivity contribution in [1.82, 2.24) is 10.0 Å². The topological polar surface area (TPSA) is 80.6 Å². The first-order valence-corrected chi connectivity index (χ1v) is 9.23. The van der Waals surface area contributed by atoms with Crippen LogP contribution in [0.3, 0.4) is 0 Å².